The second-order valence-electron chi connectivity index (χ2n) is 5.45. The van der Waals surface area contributed by atoms with E-state index in [1.807, 2.05) is 41.3 Å². The number of aromatic nitrogens is 2. The van der Waals surface area contributed by atoms with Gasteiger partial charge < -0.3 is 4.90 Å². The third-order valence-corrected chi connectivity index (χ3v) is 4.07. The monoisotopic (exact) mass is 289 g/mol. The predicted octanol–water partition coefficient (Wildman–Crippen LogP) is 3.22. The number of benzene rings is 2. The smallest absolute Gasteiger partial charge is 0.258 e. The van der Waals surface area contributed by atoms with Crippen LogP contribution in [0.5, 0.6) is 0 Å². The van der Waals surface area contributed by atoms with Crippen molar-refractivity contribution >= 4 is 22.6 Å². The van der Waals surface area contributed by atoms with Crippen molar-refractivity contribution in [3.8, 4) is 0 Å². The highest BCUT2D eigenvalue weighted by Gasteiger charge is 2.23. The Kier molecular flexibility index (Phi) is 3.07. The van der Waals surface area contributed by atoms with Crippen LogP contribution in [0.25, 0.3) is 11.0 Å². The molecular formula is C18H15N3O. The Labute approximate surface area is 128 Å². The van der Waals surface area contributed by atoms with E-state index in [9.17, 15) is 4.79 Å². The molecule has 1 aromatic heterocycles. The van der Waals surface area contributed by atoms with Crippen LogP contribution in [0.4, 0.5) is 5.69 Å². The molecule has 0 unspecified atom stereocenters. The van der Waals surface area contributed by atoms with Gasteiger partial charge in [-0.15, -0.1) is 0 Å². The molecule has 0 aliphatic carbocycles. The van der Waals surface area contributed by atoms with E-state index in [4.69, 9.17) is 0 Å². The zero-order valence-electron chi connectivity index (χ0n) is 12.1. The van der Waals surface area contributed by atoms with Crippen LogP contribution in [0, 0.1) is 0 Å². The molecule has 3 aromatic rings. The van der Waals surface area contributed by atoms with E-state index in [1.165, 1.54) is 5.56 Å². The minimum absolute atomic E-state index is 0.0275. The Morgan fingerprint density at radius 3 is 2.73 bits per heavy atom. The Bertz CT molecular complexity index is 860. The molecular weight excluding hydrogens is 274 g/mol. The number of nitrogens with zero attached hydrogens (tertiary/aromatic N) is 3. The van der Waals surface area contributed by atoms with Crippen LogP contribution < -0.4 is 4.90 Å². The number of rotatable bonds is 1. The number of para-hydroxylation sites is 1. The lowest BCUT2D eigenvalue weighted by Gasteiger charge is -2.29. The van der Waals surface area contributed by atoms with Crippen molar-refractivity contribution in [2.75, 3.05) is 11.4 Å². The van der Waals surface area contributed by atoms with Crippen LogP contribution in [-0.4, -0.2) is 22.4 Å². The summed E-state index contributed by atoms with van der Waals surface area (Å²) in [6, 6.07) is 13.6. The number of aryl methyl sites for hydroxylation is 1. The van der Waals surface area contributed by atoms with Crippen molar-refractivity contribution in [3.63, 3.8) is 0 Å². The highest BCUT2D eigenvalue weighted by atomic mass is 16.2. The van der Waals surface area contributed by atoms with Crippen LogP contribution in [0.2, 0.25) is 0 Å². The fourth-order valence-corrected chi connectivity index (χ4v) is 3.00. The van der Waals surface area contributed by atoms with Crippen LogP contribution in [0.1, 0.15) is 22.3 Å². The van der Waals surface area contributed by atoms with Gasteiger partial charge in [-0.05, 0) is 42.7 Å². The molecule has 0 fully saturated rings. The summed E-state index contributed by atoms with van der Waals surface area (Å²) < 4.78 is 0. The van der Waals surface area contributed by atoms with Gasteiger partial charge in [-0.1, -0.05) is 18.2 Å². The Morgan fingerprint density at radius 2 is 1.82 bits per heavy atom. The molecule has 1 aliphatic heterocycles. The number of anilines is 1. The summed E-state index contributed by atoms with van der Waals surface area (Å²) in [7, 11) is 0. The van der Waals surface area contributed by atoms with Gasteiger partial charge in [0, 0.05) is 30.2 Å². The van der Waals surface area contributed by atoms with Gasteiger partial charge >= 0.3 is 0 Å². The molecule has 0 spiro atoms. The number of hydrogen-bond acceptors (Lipinski definition) is 3. The van der Waals surface area contributed by atoms with Gasteiger partial charge in [0.05, 0.1) is 11.0 Å². The first-order valence-corrected chi connectivity index (χ1v) is 7.43. The van der Waals surface area contributed by atoms with Gasteiger partial charge in [-0.3, -0.25) is 14.8 Å². The average Bonchev–Trinajstić information content (AvgIpc) is 2.60. The van der Waals surface area contributed by atoms with E-state index in [1.54, 1.807) is 12.4 Å². The van der Waals surface area contributed by atoms with Crippen molar-refractivity contribution in [2.45, 2.75) is 12.8 Å². The first kappa shape index (κ1) is 13.0. The summed E-state index contributed by atoms with van der Waals surface area (Å²) in [5.41, 5.74) is 4.47. The minimum atomic E-state index is 0.0275. The fraction of sp³-hybridized carbons (Fsp3) is 0.167. The SMILES string of the molecule is O=C(c1ccc2nccnc2c1)N1CCCc2ccccc21. The summed E-state index contributed by atoms with van der Waals surface area (Å²) in [6.07, 6.45) is 5.33. The Hall–Kier alpha value is -2.75. The Balaban J connectivity index is 1.75. The van der Waals surface area contributed by atoms with E-state index in [2.05, 4.69) is 16.0 Å². The summed E-state index contributed by atoms with van der Waals surface area (Å²) in [5.74, 6) is 0.0275. The lowest BCUT2D eigenvalue weighted by atomic mass is 10.0. The molecule has 108 valence electrons. The van der Waals surface area contributed by atoms with Crippen molar-refractivity contribution in [3.05, 3.63) is 66.0 Å². The predicted molar refractivity (Wildman–Crippen MR) is 86.0 cm³/mol. The number of carbonyl (C=O) groups is 1. The number of hydrogen-bond donors (Lipinski definition) is 0. The quantitative estimate of drug-likeness (QED) is 0.691. The van der Waals surface area contributed by atoms with Gasteiger partial charge in [-0.25, -0.2) is 0 Å². The lowest BCUT2D eigenvalue weighted by Crippen LogP contribution is -2.35. The number of fused-ring (bicyclic) bond motifs is 2. The molecule has 0 saturated carbocycles. The van der Waals surface area contributed by atoms with Crippen LogP contribution in [-0.2, 0) is 6.42 Å². The molecule has 22 heavy (non-hydrogen) atoms. The normalized spacial score (nSPS) is 13.9. The standard InChI is InChI=1S/C18H15N3O/c22-18(14-7-8-15-16(12-14)20-10-9-19-15)21-11-3-5-13-4-1-2-6-17(13)21/h1-2,4,6-10,12H,3,5,11H2. The van der Waals surface area contributed by atoms with Gasteiger partial charge in [0.1, 0.15) is 0 Å². The zero-order chi connectivity index (χ0) is 14.9. The number of carbonyl (C=O) groups excluding carboxylic acids is 1. The van der Waals surface area contributed by atoms with E-state index >= 15 is 0 Å². The van der Waals surface area contributed by atoms with Crippen LogP contribution in [0.3, 0.4) is 0 Å². The highest BCUT2D eigenvalue weighted by molar-refractivity contribution is 6.08. The fourth-order valence-electron chi connectivity index (χ4n) is 3.00. The molecule has 1 aliphatic rings. The third kappa shape index (κ3) is 2.13. The molecule has 2 heterocycles. The minimum Gasteiger partial charge on any atom is -0.308 e. The molecule has 1 amide bonds. The maximum absolute atomic E-state index is 12.9. The van der Waals surface area contributed by atoms with Gasteiger partial charge in [0.15, 0.2) is 0 Å². The van der Waals surface area contributed by atoms with E-state index < -0.39 is 0 Å². The van der Waals surface area contributed by atoms with Crippen molar-refractivity contribution in [2.24, 2.45) is 0 Å². The maximum atomic E-state index is 12.9. The second-order valence-corrected chi connectivity index (χ2v) is 5.45. The summed E-state index contributed by atoms with van der Waals surface area (Å²) >= 11 is 0. The number of amides is 1. The molecule has 4 nitrogen and oxygen atoms in total. The highest BCUT2D eigenvalue weighted by Crippen LogP contribution is 2.28. The van der Waals surface area contributed by atoms with E-state index in [0.717, 1.165) is 36.1 Å². The summed E-state index contributed by atoms with van der Waals surface area (Å²) in [6.45, 7) is 0.758. The molecule has 0 radical (unpaired) electrons. The summed E-state index contributed by atoms with van der Waals surface area (Å²) in [4.78, 5) is 23.3. The maximum Gasteiger partial charge on any atom is 0.258 e. The summed E-state index contributed by atoms with van der Waals surface area (Å²) in [5, 5.41) is 0. The molecule has 0 saturated heterocycles. The first-order valence-electron chi connectivity index (χ1n) is 7.43. The van der Waals surface area contributed by atoms with Crippen LogP contribution >= 0.6 is 0 Å². The lowest BCUT2D eigenvalue weighted by molar-refractivity contribution is 0.0985. The molecule has 4 heteroatoms. The molecule has 0 atom stereocenters. The van der Waals surface area contributed by atoms with Gasteiger partial charge in [0.2, 0.25) is 0 Å². The average molecular weight is 289 g/mol. The largest absolute Gasteiger partial charge is 0.308 e. The van der Waals surface area contributed by atoms with Crippen molar-refractivity contribution in [1.82, 2.24) is 9.97 Å². The van der Waals surface area contributed by atoms with Gasteiger partial charge in [0.25, 0.3) is 5.91 Å². The van der Waals surface area contributed by atoms with Crippen molar-refractivity contribution in [1.29, 1.82) is 0 Å². The molecule has 2 aromatic carbocycles. The van der Waals surface area contributed by atoms with Crippen molar-refractivity contribution < 1.29 is 4.79 Å². The molecule has 0 N–H and O–H groups in total. The topological polar surface area (TPSA) is 46.1 Å². The van der Waals surface area contributed by atoms with E-state index in [0.29, 0.717) is 5.56 Å². The third-order valence-electron chi connectivity index (χ3n) is 4.07. The van der Waals surface area contributed by atoms with E-state index in [-0.39, 0.29) is 5.91 Å². The van der Waals surface area contributed by atoms with Gasteiger partial charge in [-0.2, -0.15) is 0 Å². The zero-order valence-corrected chi connectivity index (χ0v) is 12.1. The Morgan fingerprint density at radius 1 is 1.00 bits per heavy atom. The second kappa shape index (κ2) is 5.22. The first-order chi connectivity index (χ1) is 10.8. The molecule has 4 rings (SSSR count). The molecule has 0 bridgehead atoms. The van der Waals surface area contributed by atoms with Crippen LogP contribution in [0.15, 0.2) is 54.9 Å².